The van der Waals surface area contributed by atoms with E-state index in [-0.39, 0.29) is 22.8 Å². The lowest BCUT2D eigenvalue weighted by molar-refractivity contribution is 0.0977. The van der Waals surface area contributed by atoms with Gasteiger partial charge in [-0.1, -0.05) is 30.3 Å². The molecular formula is C16H16O3. The quantitative estimate of drug-likeness (QED) is 0.807. The lowest BCUT2D eigenvalue weighted by Crippen LogP contribution is -2.00. The second-order valence-electron chi connectivity index (χ2n) is 4.46. The van der Waals surface area contributed by atoms with Crippen molar-refractivity contribution in [1.29, 1.82) is 0 Å². The second kappa shape index (κ2) is 6.05. The van der Waals surface area contributed by atoms with Crippen molar-refractivity contribution in [2.75, 3.05) is 0 Å². The molecule has 0 aliphatic heterocycles. The van der Waals surface area contributed by atoms with Gasteiger partial charge in [0.25, 0.3) is 0 Å². The Balaban J connectivity index is 1.91. The van der Waals surface area contributed by atoms with Crippen LogP contribution in [0.25, 0.3) is 0 Å². The minimum atomic E-state index is -0.162. The van der Waals surface area contributed by atoms with Gasteiger partial charge in [0.1, 0.15) is 11.5 Å². The van der Waals surface area contributed by atoms with Crippen LogP contribution in [0.15, 0.2) is 48.5 Å². The van der Waals surface area contributed by atoms with E-state index in [1.54, 1.807) is 0 Å². The maximum absolute atomic E-state index is 11.9. The van der Waals surface area contributed by atoms with E-state index in [4.69, 9.17) is 0 Å². The minimum absolute atomic E-state index is 0.0432. The van der Waals surface area contributed by atoms with Crippen molar-refractivity contribution < 1.29 is 15.0 Å². The monoisotopic (exact) mass is 256 g/mol. The van der Waals surface area contributed by atoms with Crippen LogP contribution < -0.4 is 0 Å². The van der Waals surface area contributed by atoms with E-state index < -0.39 is 0 Å². The molecule has 0 radical (unpaired) electrons. The summed E-state index contributed by atoms with van der Waals surface area (Å²) in [5.74, 6) is -0.309. The van der Waals surface area contributed by atoms with E-state index in [9.17, 15) is 15.0 Å². The molecule has 0 saturated carbocycles. The average Bonchev–Trinajstić information content (AvgIpc) is 2.39. The fourth-order valence-corrected chi connectivity index (χ4v) is 1.99. The van der Waals surface area contributed by atoms with E-state index in [2.05, 4.69) is 0 Å². The van der Waals surface area contributed by atoms with Crippen LogP contribution in [0, 0.1) is 0 Å². The highest BCUT2D eigenvalue weighted by Crippen LogP contribution is 2.24. The van der Waals surface area contributed by atoms with E-state index in [0.29, 0.717) is 6.42 Å². The molecule has 0 saturated heterocycles. The predicted molar refractivity (Wildman–Crippen MR) is 73.5 cm³/mol. The van der Waals surface area contributed by atoms with Crippen molar-refractivity contribution in [3.63, 3.8) is 0 Å². The summed E-state index contributed by atoms with van der Waals surface area (Å²) in [7, 11) is 0. The van der Waals surface area contributed by atoms with Gasteiger partial charge in [0.05, 0.1) is 5.56 Å². The Morgan fingerprint density at radius 3 is 2.42 bits per heavy atom. The molecule has 3 heteroatoms. The van der Waals surface area contributed by atoms with Gasteiger partial charge in [-0.3, -0.25) is 4.79 Å². The second-order valence-corrected chi connectivity index (χ2v) is 4.46. The number of carbonyl (C=O) groups is 1. The Hall–Kier alpha value is -2.29. The van der Waals surface area contributed by atoms with Crippen molar-refractivity contribution in [2.45, 2.75) is 19.3 Å². The van der Waals surface area contributed by atoms with Gasteiger partial charge >= 0.3 is 0 Å². The number of aromatic hydroxyl groups is 2. The van der Waals surface area contributed by atoms with Gasteiger partial charge < -0.3 is 10.2 Å². The topological polar surface area (TPSA) is 57.5 Å². The molecular weight excluding hydrogens is 240 g/mol. The van der Waals surface area contributed by atoms with Crippen molar-refractivity contribution in [1.82, 2.24) is 0 Å². The molecule has 98 valence electrons. The van der Waals surface area contributed by atoms with Gasteiger partial charge in [-0.05, 0) is 30.5 Å². The third-order valence-corrected chi connectivity index (χ3v) is 2.99. The molecule has 0 heterocycles. The molecule has 19 heavy (non-hydrogen) atoms. The first-order valence-electron chi connectivity index (χ1n) is 6.26. The number of carbonyl (C=O) groups excluding carboxylic acids is 1. The van der Waals surface area contributed by atoms with E-state index >= 15 is 0 Å². The molecule has 0 amide bonds. The Labute approximate surface area is 112 Å². The van der Waals surface area contributed by atoms with Crippen LogP contribution in [-0.2, 0) is 6.42 Å². The number of benzene rings is 2. The molecule has 2 aromatic rings. The fourth-order valence-electron chi connectivity index (χ4n) is 1.99. The molecule has 2 aromatic carbocycles. The first kappa shape index (κ1) is 13.1. The van der Waals surface area contributed by atoms with E-state index in [0.717, 1.165) is 12.8 Å². The van der Waals surface area contributed by atoms with Crippen LogP contribution in [0.4, 0.5) is 0 Å². The van der Waals surface area contributed by atoms with Crippen molar-refractivity contribution in [2.24, 2.45) is 0 Å². The van der Waals surface area contributed by atoms with Crippen LogP contribution in [0.2, 0.25) is 0 Å². The Kier molecular flexibility index (Phi) is 4.18. The molecule has 0 spiro atoms. The lowest BCUT2D eigenvalue weighted by Gasteiger charge is -2.04. The third kappa shape index (κ3) is 3.58. The van der Waals surface area contributed by atoms with Gasteiger partial charge in [0.2, 0.25) is 0 Å². The normalized spacial score (nSPS) is 10.3. The number of aryl methyl sites for hydroxylation is 1. The standard InChI is InChI=1S/C16H16O3/c17-13-9-10-14(16(19)11-13)15(18)8-4-7-12-5-2-1-3-6-12/h1-3,5-6,9-11,17,19H,4,7-8H2. The summed E-state index contributed by atoms with van der Waals surface area (Å²) in [5, 5.41) is 18.8. The first-order chi connectivity index (χ1) is 9.16. The maximum Gasteiger partial charge on any atom is 0.166 e. The molecule has 0 atom stereocenters. The molecule has 2 N–H and O–H groups in total. The summed E-state index contributed by atoms with van der Waals surface area (Å²) < 4.78 is 0. The van der Waals surface area contributed by atoms with Crippen LogP contribution in [0.1, 0.15) is 28.8 Å². The summed E-state index contributed by atoms with van der Waals surface area (Å²) in [6.07, 6.45) is 1.96. The number of phenolic OH excluding ortho intramolecular Hbond substituents is 2. The Morgan fingerprint density at radius 1 is 1.00 bits per heavy atom. The van der Waals surface area contributed by atoms with Gasteiger partial charge in [-0.25, -0.2) is 0 Å². The predicted octanol–water partition coefficient (Wildman–Crippen LogP) is 3.30. The molecule has 0 aliphatic carbocycles. The average molecular weight is 256 g/mol. The summed E-state index contributed by atoms with van der Waals surface area (Å²) in [5.41, 5.74) is 1.47. The zero-order valence-corrected chi connectivity index (χ0v) is 10.5. The summed E-state index contributed by atoms with van der Waals surface area (Å²) >= 11 is 0. The highest BCUT2D eigenvalue weighted by Gasteiger charge is 2.11. The van der Waals surface area contributed by atoms with Crippen LogP contribution in [-0.4, -0.2) is 16.0 Å². The molecule has 3 nitrogen and oxygen atoms in total. The summed E-state index contributed by atoms with van der Waals surface area (Å²) in [4.78, 5) is 11.9. The minimum Gasteiger partial charge on any atom is -0.508 e. The molecule has 0 aliphatic rings. The zero-order valence-electron chi connectivity index (χ0n) is 10.5. The summed E-state index contributed by atoms with van der Waals surface area (Å²) in [6, 6.07) is 14.0. The van der Waals surface area contributed by atoms with E-state index in [1.807, 2.05) is 30.3 Å². The lowest BCUT2D eigenvalue weighted by atomic mass is 10.0. The molecule has 0 fully saturated rings. The van der Waals surface area contributed by atoms with Crippen molar-refractivity contribution >= 4 is 5.78 Å². The number of hydrogen-bond acceptors (Lipinski definition) is 3. The molecule has 0 bridgehead atoms. The van der Waals surface area contributed by atoms with Crippen molar-refractivity contribution in [3.05, 3.63) is 59.7 Å². The van der Waals surface area contributed by atoms with Crippen LogP contribution >= 0.6 is 0 Å². The van der Waals surface area contributed by atoms with Gasteiger partial charge in [0, 0.05) is 12.5 Å². The van der Waals surface area contributed by atoms with E-state index in [1.165, 1.54) is 23.8 Å². The van der Waals surface area contributed by atoms with Crippen LogP contribution in [0.3, 0.4) is 0 Å². The number of ketones is 1. The summed E-state index contributed by atoms with van der Waals surface area (Å²) in [6.45, 7) is 0. The SMILES string of the molecule is O=C(CCCc1ccccc1)c1ccc(O)cc1O. The highest BCUT2D eigenvalue weighted by molar-refractivity contribution is 5.98. The smallest absolute Gasteiger partial charge is 0.166 e. The Bertz CT molecular complexity index is 561. The largest absolute Gasteiger partial charge is 0.508 e. The Morgan fingerprint density at radius 2 is 1.74 bits per heavy atom. The maximum atomic E-state index is 11.9. The van der Waals surface area contributed by atoms with Gasteiger partial charge in [-0.15, -0.1) is 0 Å². The first-order valence-corrected chi connectivity index (χ1v) is 6.26. The van der Waals surface area contributed by atoms with Crippen molar-refractivity contribution in [3.8, 4) is 11.5 Å². The molecule has 0 aromatic heterocycles. The van der Waals surface area contributed by atoms with Gasteiger partial charge in [-0.2, -0.15) is 0 Å². The number of Topliss-reactive ketones (excluding diaryl/α,β-unsaturated/α-hetero) is 1. The third-order valence-electron chi connectivity index (χ3n) is 2.99. The molecule has 0 unspecified atom stereocenters. The number of hydrogen-bond donors (Lipinski definition) is 2. The van der Waals surface area contributed by atoms with Gasteiger partial charge in [0.15, 0.2) is 5.78 Å². The fraction of sp³-hybridized carbons (Fsp3) is 0.188. The molecule has 2 rings (SSSR count). The van der Waals surface area contributed by atoms with Crippen LogP contribution in [0.5, 0.6) is 11.5 Å². The number of rotatable bonds is 5. The highest BCUT2D eigenvalue weighted by atomic mass is 16.3. The number of phenols is 2. The zero-order chi connectivity index (χ0) is 13.7.